The topological polar surface area (TPSA) is 78.9 Å². The molecule has 1 aromatic rings. The zero-order valence-corrected chi connectivity index (χ0v) is 14.8. The van der Waals surface area contributed by atoms with E-state index in [1.54, 1.807) is 12.1 Å². The largest absolute Gasteiger partial charge is 0.495 e. The third-order valence-corrected chi connectivity index (χ3v) is 3.87. The van der Waals surface area contributed by atoms with Gasteiger partial charge in [-0.1, -0.05) is 6.92 Å². The van der Waals surface area contributed by atoms with Gasteiger partial charge in [0, 0.05) is 17.1 Å². The summed E-state index contributed by atoms with van der Waals surface area (Å²) in [5.41, 5.74) is 0.506. The van der Waals surface area contributed by atoms with Gasteiger partial charge in [-0.05, 0) is 44.3 Å². The van der Waals surface area contributed by atoms with Crippen molar-refractivity contribution < 1.29 is 19.4 Å². The van der Waals surface area contributed by atoms with Gasteiger partial charge in [0.05, 0.1) is 17.3 Å². The molecule has 0 atom stereocenters. The summed E-state index contributed by atoms with van der Waals surface area (Å²) in [6.45, 7) is 1.90. The Morgan fingerprint density at radius 1 is 1.33 bits per heavy atom. The van der Waals surface area contributed by atoms with Gasteiger partial charge in [-0.15, -0.1) is 0 Å². The van der Waals surface area contributed by atoms with Crippen molar-refractivity contribution in [1.82, 2.24) is 4.90 Å². The Labute approximate surface area is 139 Å². The van der Waals surface area contributed by atoms with Crippen LogP contribution in [-0.2, 0) is 4.79 Å². The lowest BCUT2D eigenvalue weighted by Crippen LogP contribution is -2.39. The number of amides is 2. The van der Waals surface area contributed by atoms with Gasteiger partial charge in [-0.2, -0.15) is 0 Å². The lowest BCUT2D eigenvalue weighted by molar-refractivity contribution is -0.137. The SMILES string of the molecule is CCCN(CC(=O)O)C(=O)Nc1cc(OC)c(Br)cc1Br. The minimum absolute atomic E-state index is 0.342. The fourth-order valence-corrected chi connectivity index (χ4v) is 2.92. The van der Waals surface area contributed by atoms with Crippen molar-refractivity contribution in [2.24, 2.45) is 0 Å². The van der Waals surface area contributed by atoms with Gasteiger partial charge in [0.1, 0.15) is 12.3 Å². The molecule has 2 N–H and O–H groups in total. The molecular formula is C13H16Br2N2O4. The van der Waals surface area contributed by atoms with Crippen molar-refractivity contribution in [2.45, 2.75) is 13.3 Å². The number of methoxy groups -OCH3 is 1. The average Bonchev–Trinajstić information content (AvgIpc) is 2.40. The van der Waals surface area contributed by atoms with Crippen LogP contribution in [0.3, 0.4) is 0 Å². The summed E-state index contributed by atoms with van der Waals surface area (Å²) in [5.74, 6) is -0.486. The van der Waals surface area contributed by atoms with Crippen LogP contribution in [0.1, 0.15) is 13.3 Å². The standard InChI is InChI=1S/C13H16Br2N2O4/c1-3-4-17(7-12(18)19)13(20)16-10-6-11(21-2)9(15)5-8(10)14/h5-6H,3-4,7H2,1-2H3,(H,16,20)(H,18,19). The number of hydrogen-bond acceptors (Lipinski definition) is 3. The van der Waals surface area contributed by atoms with Crippen LogP contribution in [0.15, 0.2) is 21.1 Å². The lowest BCUT2D eigenvalue weighted by Gasteiger charge is -2.21. The fraction of sp³-hybridized carbons (Fsp3) is 0.385. The summed E-state index contributed by atoms with van der Waals surface area (Å²) >= 11 is 6.68. The van der Waals surface area contributed by atoms with Crippen molar-refractivity contribution in [3.63, 3.8) is 0 Å². The molecular weight excluding hydrogens is 408 g/mol. The second-order valence-electron chi connectivity index (χ2n) is 4.21. The van der Waals surface area contributed by atoms with Gasteiger partial charge >= 0.3 is 12.0 Å². The molecule has 0 aromatic heterocycles. The van der Waals surface area contributed by atoms with E-state index < -0.39 is 12.0 Å². The van der Waals surface area contributed by atoms with Crippen LogP contribution < -0.4 is 10.1 Å². The average molecular weight is 424 g/mol. The van der Waals surface area contributed by atoms with Crippen LogP contribution in [0.4, 0.5) is 10.5 Å². The van der Waals surface area contributed by atoms with Gasteiger partial charge in [-0.3, -0.25) is 4.79 Å². The first-order valence-electron chi connectivity index (χ1n) is 6.19. The Kier molecular flexibility index (Phi) is 6.97. The number of carbonyl (C=O) groups excluding carboxylic acids is 1. The number of aliphatic carboxylic acids is 1. The Morgan fingerprint density at radius 2 is 2.00 bits per heavy atom. The normalized spacial score (nSPS) is 10.1. The number of nitrogens with zero attached hydrogens (tertiary/aromatic N) is 1. The first-order chi connectivity index (χ1) is 9.88. The molecule has 0 aliphatic rings. The number of nitrogens with one attached hydrogen (secondary N) is 1. The number of carboxylic acids is 1. The number of urea groups is 1. The quantitative estimate of drug-likeness (QED) is 0.733. The Bertz CT molecular complexity index is 537. The number of rotatable bonds is 6. The van der Waals surface area contributed by atoms with E-state index in [-0.39, 0.29) is 6.54 Å². The maximum absolute atomic E-state index is 12.2. The Morgan fingerprint density at radius 3 is 2.52 bits per heavy atom. The summed E-state index contributed by atoms with van der Waals surface area (Å²) in [4.78, 5) is 24.2. The van der Waals surface area contributed by atoms with Gasteiger partial charge < -0.3 is 20.1 Å². The van der Waals surface area contributed by atoms with Crippen molar-refractivity contribution in [1.29, 1.82) is 0 Å². The number of halogens is 2. The van der Waals surface area contributed by atoms with Crippen LogP contribution in [0, 0.1) is 0 Å². The van der Waals surface area contributed by atoms with E-state index in [2.05, 4.69) is 37.2 Å². The molecule has 1 aromatic carbocycles. The van der Waals surface area contributed by atoms with E-state index in [1.165, 1.54) is 12.0 Å². The highest BCUT2D eigenvalue weighted by Gasteiger charge is 2.17. The minimum atomic E-state index is -1.05. The van der Waals surface area contributed by atoms with E-state index in [1.807, 2.05) is 6.92 Å². The van der Waals surface area contributed by atoms with Crippen LogP contribution >= 0.6 is 31.9 Å². The van der Waals surface area contributed by atoms with Crippen LogP contribution in [0.5, 0.6) is 5.75 Å². The molecule has 0 saturated carbocycles. The Hall–Kier alpha value is -1.28. The second-order valence-corrected chi connectivity index (χ2v) is 5.92. The smallest absolute Gasteiger partial charge is 0.323 e. The predicted octanol–water partition coefficient (Wildman–Crippen LogP) is 3.55. The molecule has 0 radical (unpaired) electrons. The number of carbonyl (C=O) groups is 2. The van der Waals surface area contributed by atoms with E-state index in [9.17, 15) is 9.59 Å². The highest BCUT2D eigenvalue weighted by molar-refractivity contribution is 9.11. The van der Waals surface area contributed by atoms with Crippen LogP contribution in [0.2, 0.25) is 0 Å². The molecule has 0 spiro atoms. The van der Waals surface area contributed by atoms with Crippen LogP contribution in [-0.4, -0.2) is 42.2 Å². The number of hydrogen-bond donors (Lipinski definition) is 2. The third-order valence-electron chi connectivity index (χ3n) is 2.59. The zero-order chi connectivity index (χ0) is 16.0. The van der Waals surface area contributed by atoms with E-state index in [4.69, 9.17) is 9.84 Å². The first-order valence-corrected chi connectivity index (χ1v) is 7.78. The molecule has 8 heteroatoms. The minimum Gasteiger partial charge on any atom is -0.495 e. The number of carboxylic acid groups (broad SMARTS) is 1. The number of ether oxygens (including phenoxy) is 1. The molecule has 2 amide bonds. The Balaban J connectivity index is 2.92. The molecule has 0 fully saturated rings. The third kappa shape index (κ3) is 5.20. The first kappa shape index (κ1) is 17.8. The number of benzene rings is 1. The summed E-state index contributed by atoms with van der Waals surface area (Å²) in [6, 6.07) is 2.93. The molecule has 0 heterocycles. The van der Waals surface area contributed by atoms with E-state index in [0.717, 1.165) is 4.47 Å². The fourth-order valence-electron chi connectivity index (χ4n) is 1.66. The molecule has 116 valence electrons. The van der Waals surface area contributed by atoms with E-state index >= 15 is 0 Å². The predicted molar refractivity (Wildman–Crippen MR) is 86.9 cm³/mol. The van der Waals surface area contributed by atoms with Gasteiger partial charge in [0.2, 0.25) is 0 Å². The molecule has 21 heavy (non-hydrogen) atoms. The molecule has 6 nitrogen and oxygen atoms in total. The summed E-state index contributed by atoms with van der Waals surface area (Å²) in [7, 11) is 1.52. The number of anilines is 1. The monoisotopic (exact) mass is 422 g/mol. The molecule has 0 saturated heterocycles. The highest BCUT2D eigenvalue weighted by Crippen LogP contribution is 2.34. The van der Waals surface area contributed by atoms with Crippen molar-refractivity contribution >= 4 is 49.5 Å². The van der Waals surface area contributed by atoms with Gasteiger partial charge in [0.25, 0.3) is 0 Å². The molecule has 0 aliphatic heterocycles. The maximum Gasteiger partial charge on any atom is 0.323 e. The van der Waals surface area contributed by atoms with Crippen molar-refractivity contribution in [3.8, 4) is 5.75 Å². The highest BCUT2D eigenvalue weighted by atomic mass is 79.9. The second kappa shape index (κ2) is 8.23. The van der Waals surface area contributed by atoms with Gasteiger partial charge in [0.15, 0.2) is 0 Å². The summed E-state index contributed by atoms with van der Waals surface area (Å²) in [6.07, 6.45) is 0.672. The maximum atomic E-state index is 12.2. The van der Waals surface area contributed by atoms with Gasteiger partial charge in [-0.25, -0.2) is 4.79 Å². The van der Waals surface area contributed by atoms with Crippen molar-refractivity contribution in [3.05, 3.63) is 21.1 Å². The van der Waals surface area contributed by atoms with Crippen molar-refractivity contribution in [2.75, 3.05) is 25.5 Å². The van der Waals surface area contributed by atoms with Crippen LogP contribution in [0.25, 0.3) is 0 Å². The molecule has 1 rings (SSSR count). The lowest BCUT2D eigenvalue weighted by atomic mass is 10.3. The van der Waals surface area contributed by atoms with E-state index in [0.29, 0.717) is 28.9 Å². The molecule has 0 aliphatic carbocycles. The molecule has 0 unspecified atom stereocenters. The zero-order valence-electron chi connectivity index (χ0n) is 11.7. The molecule has 0 bridgehead atoms. The summed E-state index contributed by atoms with van der Waals surface area (Å²) < 4.78 is 6.57. The summed E-state index contributed by atoms with van der Waals surface area (Å²) in [5, 5.41) is 11.5.